The van der Waals surface area contributed by atoms with Crippen molar-refractivity contribution in [2.45, 2.75) is 0 Å². The summed E-state index contributed by atoms with van der Waals surface area (Å²) in [5.41, 5.74) is 1.47. The molecule has 0 atom stereocenters. The Morgan fingerprint density at radius 2 is 1.68 bits per heavy atom. The van der Waals surface area contributed by atoms with Gasteiger partial charge in [0.15, 0.2) is 0 Å². The van der Waals surface area contributed by atoms with Gasteiger partial charge in [-0.25, -0.2) is 0 Å². The van der Waals surface area contributed by atoms with Gasteiger partial charge in [0.25, 0.3) is 11.8 Å². The Bertz CT molecular complexity index is 1270. The van der Waals surface area contributed by atoms with E-state index in [9.17, 15) is 9.59 Å². The van der Waals surface area contributed by atoms with Crippen LogP contribution >= 0.6 is 11.6 Å². The van der Waals surface area contributed by atoms with Crippen molar-refractivity contribution >= 4 is 39.9 Å². The van der Waals surface area contributed by atoms with E-state index in [4.69, 9.17) is 16.3 Å². The number of carbonyl (C=O) groups is 2. The molecule has 0 aliphatic heterocycles. The number of aromatic nitrogens is 1. The summed E-state index contributed by atoms with van der Waals surface area (Å²) in [5, 5.41) is 7.66. The van der Waals surface area contributed by atoms with Crippen molar-refractivity contribution < 1.29 is 14.3 Å². The molecule has 0 spiro atoms. The molecule has 0 aliphatic carbocycles. The van der Waals surface area contributed by atoms with Crippen LogP contribution in [0.5, 0.6) is 11.5 Å². The maximum atomic E-state index is 12.8. The molecule has 0 saturated heterocycles. The fourth-order valence-corrected chi connectivity index (χ4v) is 3.24. The number of fused-ring (bicyclic) bond motifs is 1. The molecule has 4 aromatic rings. The van der Waals surface area contributed by atoms with Gasteiger partial charge in [0.1, 0.15) is 17.2 Å². The molecule has 154 valence electrons. The van der Waals surface area contributed by atoms with Crippen molar-refractivity contribution in [1.29, 1.82) is 0 Å². The van der Waals surface area contributed by atoms with E-state index in [1.807, 2.05) is 24.3 Å². The van der Waals surface area contributed by atoms with Gasteiger partial charge in [-0.15, -0.1) is 0 Å². The molecule has 0 bridgehead atoms. The Balaban J connectivity index is 1.59. The van der Waals surface area contributed by atoms with E-state index in [0.717, 1.165) is 10.8 Å². The number of nitrogens with zero attached hydrogens (tertiary/aromatic N) is 1. The summed E-state index contributed by atoms with van der Waals surface area (Å²) in [4.78, 5) is 28.6. The molecule has 0 saturated carbocycles. The molecular formula is C24H18ClN3O3. The van der Waals surface area contributed by atoms with Crippen LogP contribution in [0.4, 0.5) is 5.69 Å². The first-order valence-electron chi connectivity index (χ1n) is 9.49. The van der Waals surface area contributed by atoms with Gasteiger partial charge < -0.3 is 15.4 Å². The van der Waals surface area contributed by atoms with E-state index in [0.29, 0.717) is 27.8 Å². The summed E-state index contributed by atoms with van der Waals surface area (Å²) in [6.45, 7) is 0. The molecule has 1 heterocycles. The summed E-state index contributed by atoms with van der Waals surface area (Å²) in [7, 11) is 1.54. The number of pyridine rings is 1. The first-order chi connectivity index (χ1) is 15.0. The lowest BCUT2D eigenvalue weighted by atomic mass is 10.0. The van der Waals surface area contributed by atoms with Crippen molar-refractivity contribution in [1.82, 2.24) is 10.3 Å². The second-order valence-electron chi connectivity index (χ2n) is 6.71. The van der Waals surface area contributed by atoms with E-state index >= 15 is 0 Å². The molecule has 1 aromatic heterocycles. The Morgan fingerprint density at radius 3 is 2.45 bits per heavy atom. The van der Waals surface area contributed by atoms with Crippen LogP contribution in [0.1, 0.15) is 20.8 Å². The third-order valence-corrected chi connectivity index (χ3v) is 4.88. The van der Waals surface area contributed by atoms with Crippen molar-refractivity contribution in [3.05, 3.63) is 95.3 Å². The minimum Gasteiger partial charge on any atom is -0.457 e. The van der Waals surface area contributed by atoms with Gasteiger partial charge in [-0.05, 0) is 65.4 Å². The van der Waals surface area contributed by atoms with Crippen LogP contribution in [-0.4, -0.2) is 23.8 Å². The fourth-order valence-electron chi connectivity index (χ4n) is 3.12. The highest BCUT2D eigenvalue weighted by Crippen LogP contribution is 2.28. The lowest BCUT2D eigenvalue weighted by Crippen LogP contribution is -2.18. The monoisotopic (exact) mass is 431 g/mol. The second kappa shape index (κ2) is 8.85. The lowest BCUT2D eigenvalue weighted by Gasteiger charge is -2.11. The molecule has 0 fully saturated rings. The number of hydrogen-bond acceptors (Lipinski definition) is 4. The molecule has 31 heavy (non-hydrogen) atoms. The number of anilines is 1. The topological polar surface area (TPSA) is 80.3 Å². The average Bonchev–Trinajstić information content (AvgIpc) is 2.79. The SMILES string of the molecule is CNC(=O)c1cc(Oc2ccc3c(C(=O)Nc4ccc(Cl)cc4)cccc3c2)ccn1. The highest BCUT2D eigenvalue weighted by molar-refractivity contribution is 6.30. The summed E-state index contributed by atoms with van der Waals surface area (Å²) in [6, 6.07) is 21.1. The maximum Gasteiger partial charge on any atom is 0.269 e. The maximum absolute atomic E-state index is 12.8. The summed E-state index contributed by atoms with van der Waals surface area (Å²) < 4.78 is 5.90. The van der Waals surface area contributed by atoms with E-state index in [-0.39, 0.29) is 17.5 Å². The van der Waals surface area contributed by atoms with Crippen LogP contribution in [0, 0.1) is 0 Å². The zero-order valence-corrected chi connectivity index (χ0v) is 17.3. The van der Waals surface area contributed by atoms with Crippen molar-refractivity contribution in [2.24, 2.45) is 0 Å². The summed E-state index contributed by atoms with van der Waals surface area (Å²) >= 11 is 5.90. The quantitative estimate of drug-likeness (QED) is 0.449. The molecule has 2 amide bonds. The number of amides is 2. The van der Waals surface area contributed by atoms with Crippen LogP contribution in [0.2, 0.25) is 5.02 Å². The van der Waals surface area contributed by atoms with E-state index in [1.54, 1.807) is 55.6 Å². The largest absolute Gasteiger partial charge is 0.457 e. The minimum absolute atomic E-state index is 0.217. The van der Waals surface area contributed by atoms with Gasteiger partial charge in [0.2, 0.25) is 0 Å². The smallest absolute Gasteiger partial charge is 0.269 e. The Labute approximate surface area is 183 Å². The number of nitrogens with one attached hydrogen (secondary N) is 2. The van der Waals surface area contributed by atoms with E-state index < -0.39 is 0 Å². The molecule has 0 aliphatic rings. The van der Waals surface area contributed by atoms with E-state index in [1.165, 1.54) is 6.20 Å². The predicted molar refractivity (Wildman–Crippen MR) is 121 cm³/mol. The molecule has 6 nitrogen and oxygen atoms in total. The van der Waals surface area contributed by atoms with E-state index in [2.05, 4.69) is 15.6 Å². The van der Waals surface area contributed by atoms with Gasteiger partial charge >= 0.3 is 0 Å². The summed E-state index contributed by atoms with van der Waals surface area (Å²) in [6.07, 6.45) is 1.51. The van der Waals surface area contributed by atoms with Crippen molar-refractivity contribution in [3.63, 3.8) is 0 Å². The molecule has 4 rings (SSSR count). The highest BCUT2D eigenvalue weighted by Gasteiger charge is 2.12. The average molecular weight is 432 g/mol. The first-order valence-corrected chi connectivity index (χ1v) is 9.87. The number of ether oxygens (including phenoxy) is 1. The van der Waals surface area contributed by atoms with Crippen LogP contribution in [-0.2, 0) is 0 Å². The van der Waals surface area contributed by atoms with Gasteiger partial charge in [-0.2, -0.15) is 0 Å². The van der Waals surface area contributed by atoms with Gasteiger partial charge in [0, 0.05) is 35.6 Å². The zero-order chi connectivity index (χ0) is 21.8. The Kier molecular flexibility index (Phi) is 5.82. The molecule has 0 unspecified atom stereocenters. The van der Waals surface area contributed by atoms with Gasteiger partial charge in [0.05, 0.1) is 0 Å². The number of carbonyl (C=O) groups excluding carboxylic acids is 2. The second-order valence-corrected chi connectivity index (χ2v) is 7.14. The first kappa shape index (κ1) is 20.4. The summed E-state index contributed by atoms with van der Waals surface area (Å²) in [5.74, 6) is 0.563. The molecular weight excluding hydrogens is 414 g/mol. The standard InChI is InChI=1S/C24H18ClN3O3/c1-26-24(30)22-14-19(11-12-27-22)31-18-9-10-20-15(13-18)3-2-4-21(20)23(29)28-17-7-5-16(25)6-8-17/h2-14H,1H3,(H,26,30)(H,28,29). The lowest BCUT2D eigenvalue weighted by molar-refractivity contribution is 0.0957. The number of benzene rings is 3. The predicted octanol–water partition coefficient (Wildman–Crippen LogP) is 5.29. The highest BCUT2D eigenvalue weighted by atomic mass is 35.5. The van der Waals surface area contributed by atoms with Crippen LogP contribution in [0.3, 0.4) is 0 Å². The Morgan fingerprint density at radius 1 is 0.903 bits per heavy atom. The normalized spacial score (nSPS) is 10.5. The molecule has 2 N–H and O–H groups in total. The third-order valence-electron chi connectivity index (χ3n) is 4.63. The zero-order valence-electron chi connectivity index (χ0n) is 16.6. The fraction of sp³-hybridized carbons (Fsp3) is 0.0417. The molecule has 3 aromatic carbocycles. The van der Waals surface area contributed by atoms with Crippen molar-refractivity contribution in [3.8, 4) is 11.5 Å². The molecule has 7 heteroatoms. The van der Waals surface area contributed by atoms with Crippen LogP contribution in [0.25, 0.3) is 10.8 Å². The van der Waals surface area contributed by atoms with Gasteiger partial charge in [-0.3, -0.25) is 14.6 Å². The van der Waals surface area contributed by atoms with Gasteiger partial charge in [-0.1, -0.05) is 23.7 Å². The third kappa shape index (κ3) is 4.65. The number of hydrogen-bond donors (Lipinski definition) is 2. The number of halogens is 1. The number of rotatable bonds is 5. The molecule has 0 radical (unpaired) electrons. The minimum atomic E-state index is -0.291. The van der Waals surface area contributed by atoms with Crippen LogP contribution in [0.15, 0.2) is 79.0 Å². The van der Waals surface area contributed by atoms with Crippen LogP contribution < -0.4 is 15.4 Å². The van der Waals surface area contributed by atoms with Crippen molar-refractivity contribution in [2.75, 3.05) is 12.4 Å². The Hall–Kier alpha value is -3.90.